The molecule has 0 atom stereocenters. The molecule has 108 valence electrons. The van der Waals surface area contributed by atoms with Gasteiger partial charge in [0, 0.05) is 0 Å². The van der Waals surface area contributed by atoms with Crippen molar-refractivity contribution >= 4 is 11.9 Å². The molecule has 0 spiro atoms. The van der Waals surface area contributed by atoms with E-state index in [1.807, 2.05) is 0 Å². The van der Waals surface area contributed by atoms with Crippen LogP contribution in [0.2, 0.25) is 0 Å². The van der Waals surface area contributed by atoms with Crippen LogP contribution in [0.3, 0.4) is 0 Å². The SMILES string of the molecule is COC(=O)c1cc(C(=O)OC)cc(-c2ccc(F)cc2)c1. The molecule has 0 saturated carbocycles. The van der Waals surface area contributed by atoms with E-state index in [0.29, 0.717) is 11.1 Å². The lowest BCUT2D eigenvalue weighted by Gasteiger charge is -2.08. The summed E-state index contributed by atoms with van der Waals surface area (Å²) in [6.07, 6.45) is 0. The van der Waals surface area contributed by atoms with Crippen molar-refractivity contribution in [2.45, 2.75) is 0 Å². The molecule has 2 aromatic carbocycles. The van der Waals surface area contributed by atoms with E-state index in [0.717, 1.165) is 0 Å². The first-order valence-corrected chi connectivity index (χ1v) is 6.13. The summed E-state index contributed by atoms with van der Waals surface area (Å²) in [4.78, 5) is 23.4. The van der Waals surface area contributed by atoms with Gasteiger partial charge in [-0.1, -0.05) is 12.1 Å². The number of esters is 2. The van der Waals surface area contributed by atoms with Crippen molar-refractivity contribution in [1.82, 2.24) is 0 Å². The lowest BCUT2D eigenvalue weighted by Crippen LogP contribution is -2.07. The molecule has 2 rings (SSSR count). The molecule has 21 heavy (non-hydrogen) atoms. The number of hydrogen-bond donors (Lipinski definition) is 0. The van der Waals surface area contributed by atoms with Crippen LogP contribution < -0.4 is 0 Å². The Hall–Kier alpha value is -2.69. The minimum Gasteiger partial charge on any atom is -0.465 e. The van der Waals surface area contributed by atoms with Crippen molar-refractivity contribution in [2.75, 3.05) is 14.2 Å². The van der Waals surface area contributed by atoms with Crippen molar-refractivity contribution < 1.29 is 23.5 Å². The zero-order valence-electron chi connectivity index (χ0n) is 11.6. The Morgan fingerprint density at radius 1 is 0.810 bits per heavy atom. The van der Waals surface area contributed by atoms with Gasteiger partial charge in [-0.3, -0.25) is 0 Å². The van der Waals surface area contributed by atoms with Crippen molar-refractivity contribution in [3.05, 3.63) is 59.4 Å². The lowest BCUT2D eigenvalue weighted by molar-refractivity contribution is 0.0599. The largest absolute Gasteiger partial charge is 0.465 e. The quantitative estimate of drug-likeness (QED) is 0.814. The van der Waals surface area contributed by atoms with E-state index in [1.165, 1.54) is 32.4 Å². The Kier molecular flexibility index (Phi) is 4.33. The van der Waals surface area contributed by atoms with E-state index in [9.17, 15) is 14.0 Å². The standard InChI is InChI=1S/C16H13FO4/c1-20-15(18)12-7-11(8-13(9-12)16(19)21-2)10-3-5-14(17)6-4-10/h3-9H,1-2H3. The van der Waals surface area contributed by atoms with Crippen molar-refractivity contribution in [3.63, 3.8) is 0 Å². The summed E-state index contributed by atoms with van der Waals surface area (Å²) in [6.45, 7) is 0. The summed E-state index contributed by atoms with van der Waals surface area (Å²) < 4.78 is 22.3. The van der Waals surface area contributed by atoms with Crippen LogP contribution in [-0.4, -0.2) is 26.2 Å². The van der Waals surface area contributed by atoms with Crippen molar-refractivity contribution in [3.8, 4) is 11.1 Å². The second kappa shape index (κ2) is 6.17. The summed E-state index contributed by atoms with van der Waals surface area (Å²) in [5.74, 6) is -1.50. The summed E-state index contributed by atoms with van der Waals surface area (Å²) in [6, 6.07) is 10.3. The lowest BCUT2D eigenvalue weighted by atomic mass is 9.99. The molecule has 2 aromatic rings. The average molecular weight is 288 g/mol. The predicted octanol–water partition coefficient (Wildman–Crippen LogP) is 3.07. The first kappa shape index (κ1) is 14.7. The Balaban J connectivity index is 2.56. The van der Waals surface area contributed by atoms with Crippen LogP contribution in [0.15, 0.2) is 42.5 Å². The molecule has 0 aromatic heterocycles. The number of hydrogen-bond acceptors (Lipinski definition) is 4. The first-order chi connectivity index (χ1) is 10.0. The molecular weight excluding hydrogens is 275 g/mol. The third-order valence-corrected chi connectivity index (χ3v) is 2.95. The highest BCUT2D eigenvalue weighted by atomic mass is 19.1. The molecule has 4 nitrogen and oxygen atoms in total. The van der Waals surface area contributed by atoms with Crippen LogP contribution in [0.5, 0.6) is 0 Å². The Labute approximate surface area is 121 Å². The average Bonchev–Trinajstić information content (AvgIpc) is 2.53. The molecule has 0 aliphatic carbocycles. The molecule has 0 amide bonds. The number of rotatable bonds is 3. The minimum absolute atomic E-state index is 0.222. The Bertz CT molecular complexity index is 643. The van der Waals surface area contributed by atoms with Gasteiger partial charge >= 0.3 is 11.9 Å². The zero-order chi connectivity index (χ0) is 15.4. The summed E-state index contributed by atoms with van der Waals surface area (Å²) in [5.41, 5.74) is 1.71. The molecular formula is C16H13FO4. The smallest absolute Gasteiger partial charge is 0.337 e. The molecule has 0 radical (unpaired) electrons. The molecule has 0 bridgehead atoms. The van der Waals surface area contributed by atoms with E-state index in [2.05, 4.69) is 9.47 Å². The number of benzene rings is 2. The second-order valence-corrected chi connectivity index (χ2v) is 4.29. The number of carbonyl (C=O) groups is 2. The molecule has 0 fully saturated rings. The number of halogens is 1. The third kappa shape index (κ3) is 3.25. The minimum atomic E-state index is -0.566. The van der Waals surface area contributed by atoms with E-state index in [1.54, 1.807) is 24.3 Å². The summed E-state index contributed by atoms with van der Waals surface area (Å²) in [7, 11) is 2.51. The molecule has 5 heteroatoms. The Morgan fingerprint density at radius 2 is 1.29 bits per heavy atom. The van der Waals surface area contributed by atoms with Crippen LogP contribution in [0.4, 0.5) is 4.39 Å². The van der Waals surface area contributed by atoms with Gasteiger partial charge in [-0.05, 0) is 41.5 Å². The fraction of sp³-hybridized carbons (Fsp3) is 0.125. The van der Waals surface area contributed by atoms with E-state index in [4.69, 9.17) is 0 Å². The second-order valence-electron chi connectivity index (χ2n) is 4.29. The molecule has 0 aliphatic heterocycles. The normalized spacial score (nSPS) is 10.0. The highest BCUT2D eigenvalue weighted by Crippen LogP contribution is 2.23. The van der Waals surface area contributed by atoms with Gasteiger partial charge in [-0.25, -0.2) is 14.0 Å². The van der Waals surface area contributed by atoms with Gasteiger partial charge in [0.1, 0.15) is 5.82 Å². The van der Waals surface area contributed by atoms with Gasteiger partial charge < -0.3 is 9.47 Å². The molecule has 0 saturated heterocycles. The topological polar surface area (TPSA) is 52.6 Å². The van der Waals surface area contributed by atoms with Gasteiger partial charge in [0.2, 0.25) is 0 Å². The maximum atomic E-state index is 13.0. The van der Waals surface area contributed by atoms with Gasteiger partial charge in [0.05, 0.1) is 25.3 Å². The maximum absolute atomic E-state index is 13.0. The van der Waals surface area contributed by atoms with Gasteiger partial charge in [-0.15, -0.1) is 0 Å². The highest BCUT2D eigenvalue weighted by Gasteiger charge is 2.14. The van der Waals surface area contributed by atoms with E-state index in [-0.39, 0.29) is 16.9 Å². The summed E-state index contributed by atoms with van der Waals surface area (Å²) >= 11 is 0. The highest BCUT2D eigenvalue weighted by molar-refractivity contribution is 5.97. The molecule has 0 N–H and O–H groups in total. The fourth-order valence-electron chi connectivity index (χ4n) is 1.91. The predicted molar refractivity (Wildman–Crippen MR) is 74.5 cm³/mol. The maximum Gasteiger partial charge on any atom is 0.337 e. The molecule has 0 unspecified atom stereocenters. The van der Waals surface area contributed by atoms with Crippen LogP contribution in [0, 0.1) is 5.82 Å². The molecule has 0 heterocycles. The number of methoxy groups -OCH3 is 2. The molecule has 0 aliphatic rings. The third-order valence-electron chi connectivity index (χ3n) is 2.95. The van der Waals surface area contributed by atoms with Crippen LogP contribution in [0.1, 0.15) is 20.7 Å². The number of ether oxygens (including phenoxy) is 2. The number of carbonyl (C=O) groups excluding carboxylic acids is 2. The van der Waals surface area contributed by atoms with Crippen LogP contribution in [0.25, 0.3) is 11.1 Å². The van der Waals surface area contributed by atoms with Gasteiger partial charge in [-0.2, -0.15) is 0 Å². The fourth-order valence-corrected chi connectivity index (χ4v) is 1.91. The van der Waals surface area contributed by atoms with Crippen molar-refractivity contribution in [1.29, 1.82) is 0 Å². The van der Waals surface area contributed by atoms with E-state index >= 15 is 0 Å². The van der Waals surface area contributed by atoms with E-state index < -0.39 is 11.9 Å². The van der Waals surface area contributed by atoms with Crippen LogP contribution >= 0.6 is 0 Å². The van der Waals surface area contributed by atoms with Gasteiger partial charge in [0.25, 0.3) is 0 Å². The van der Waals surface area contributed by atoms with Gasteiger partial charge in [0.15, 0.2) is 0 Å². The Morgan fingerprint density at radius 3 is 1.71 bits per heavy atom. The monoisotopic (exact) mass is 288 g/mol. The summed E-state index contributed by atoms with van der Waals surface area (Å²) in [5, 5.41) is 0. The van der Waals surface area contributed by atoms with Crippen LogP contribution in [-0.2, 0) is 9.47 Å². The van der Waals surface area contributed by atoms with Crippen molar-refractivity contribution in [2.24, 2.45) is 0 Å². The zero-order valence-corrected chi connectivity index (χ0v) is 11.6. The first-order valence-electron chi connectivity index (χ1n) is 6.13.